The third-order valence-corrected chi connectivity index (χ3v) is 3.33. The number of carbonyl (C=O) groups excluding carboxylic acids is 1. The number of hydrogen-bond donors (Lipinski definition) is 1. The molecule has 128 valence electrons. The van der Waals surface area contributed by atoms with Crippen LogP contribution in [0.15, 0.2) is 4.99 Å². The fourth-order valence-electron chi connectivity index (χ4n) is 2.34. The first-order valence-electron chi connectivity index (χ1n) is 7.64. The number of likely N-dealkylation sites (tertiary alicyclic amines) is 1. The van der Waals surface area contributed by atoms with Crippen LogP contribution < -0.4 is 5.32 Å². The van der Waals surface area contributed by atoms with Crippen molar-refractivity contribution in [2.75, 3.05) is 32.8 Å². The first kappa shape index (κ1) is 18.6. The lowest BCUT2D eigenvalue weighted by atomic mass is 9.98. The summed E-state index contributed by atoms with van der Waals surface area (Å²) in [5, 5.41) is 2.99. The van der Waals surface area contributed by atoms with Crippen LogP contribution in [0, 0.1) is 5.92 Å². The molecular formula is C14H24F3N3O2. The summed E-state index contributed by atoms with van der Waals surface area (Å²) in [7, 11) is 0. The van der Waals surface area contributed by atoms with Crippen molar-refractivity contribution in [3.63, 3.8) is 0 Å². The van der Waals surface area contributed by atoms with Crippen LogP contribution in [0.5, 0.6) is 0 Å². The van der Waals surface area contributed by atoms with Crippen LogP contribution in [0.4, 0.5) is 13.2 Å². The number of nitrogens with zero attached hydrogens (tertiary/aromatic N) is 2. The lowest BCUT2D eigenvalue weighted by Crippen LogP contribution is -2.48. The van der Waals surface area contributed by atoms with E-state index in [1.165, 1.54) is 0 Å². The number of guanidine groups is 1. The van der Waals surface area contributed by atoms with E-state index in [1.54, 1.807) is 6.92 Å². The number of piperidine rings is 1. The first-order chi connectivity index (χ1) is 10.4. The van der Waals surface area contributed by atoms with Gasteiger partial charge in [0.1, 0.15) is 0 Å². The Morgan fingerprint density at radius 2 is 2.14 bits per heavy atom. The third kappa shape index (κ3) is 6.53. The number of alkyl halides is 3. The second-order valence-corrected chi connectivity index (χ2v) is 5.14. The van der Waals surface area contributed by atoms with E-state index in [4.69, 9.17) is 4.74 Å². The van der Waals surface area contributed by atoms with Gasteiger partial charge in [0.15, 0.2) is 5.96 Å². The van der Waals surface area contributed by atoms with E-state index in [-0.39, 0.29) is 18.4 Å². The summed E-state index contributed by atoms with van der Waals surface area (Å²) in [6.45, 7) is 5.28. The topological polar surface area (TPSA) is 53.9 Å². The SMILES string of the molecule is CCNC(=NCCC(F)(F)F)N1CCC[C@H](C(=O)OCC)C1. The van der Waals surface area contributed by atoms with Gasteiger partial charge in [-0.15, -0.1) is 0 Å². The van der Waals surface area contributed by atoms with Gasteiger partial charge in [0.25, 0.3) is 0 Å². The van der Waals surface area contributed by atoms with Crippen molar-refractivity contribution in [2.24, 2.45) is 10.9 Å². The maximum absolute atomic E-state index is 12.2. The fraction of sp³-hybridized carbons (Fsp3) is 0.857. The number of halogens is 3. The summed E-state index contributed by atoms with van der Waals surface area (Å²) in [5.74, 6) is -0.0701. The fourth-order valence-corrected chi connectivity index (χ4v) is 2.34. The third-order valence-electron chi connectivity index (χ3n) is 3.33. The molecule has 8 heteroatoms. The molecule has 1 fully saturated rings. The van der Waals surface area contributed by atoms with Crippen LogP contribution in [0.2, 0.25) is 0 Å². The summed E-state index contributed by atoms with van der Waals surface area (Å²) in [6.07, 6.45) is -3.64. The highest BCUT2D eigenvalue weighted by Crippen LogP contribution is 2.20. The van der Waals surface area contributed by atoms with Gasteiger partial charge < -0.3 is 15.0 Å². The molecule has 0 unspecified atom stereocenters. The van der Waals surface area contributed by atoms with Crippen molar-refractivity contribution in [1.82, 2.24) is 10.2 Å². The van der Waals surface area contributed by atoms with E-state index in [1.807, 2.05) is 11.8 Å². The zero-order chi connectivity index (χ0) is 16.6. The Kier molecular flexibility index (Phi) is 7.47. The Morgan fingerprint density at radius 1 is 1.41 bits per heavy atom. The van der Waals surface area contributed by atoms with Crippen LogP contribution >= 0.6 is 0 Å². The lowest BCUT2D eigenvalue weighted by Gasteiger charge is -2.34. The molecule has 1 atom stereocenters. The zero-order valence-electron chi connectivity index (χ0n) is 13.1. The molecule has 0 aromatic heterocycles. The van der Waals surface area contributed by atoms with E-state index in [0.29, 0.717) is 32.2 Å². The predicted octanol–water partition coefficient (Wildman–Crippen LogP) is 2.18. The highest BCUT2D eigenvalue weighted by molar-refractivity contribution is 5.81. The number of ether oxygens (including phenoxy) is 1. The Bertz CT molecular complexity index is 386. The number of carbonyl (C=O) groups is 1. The van der Waals surface area contributed by atoms with E-state index in [2.05, 4.69) is 10.3 Å². The molecule has 1 saturated heterocycles. The van der Waals surface area contributed by atoms with Gasteiger partial charge in [0, 0.05) is 19.6 Å². The van der Waals surface area contributed by atoms with Crippen molar-refractivity contribution < 1.29 is 22.7 Å². The van der Waals surface area contributed by atoms with Gasteiger partial charge in [0.05, 0.1) is 25.5 Å². The zero-order valence-corrected chi connectivity index (χ0v) is 13.1. The van der Waals surface area contributed by atoms with Gasteiger partial charge in [-0.05, 0) is 26.7 Å². The Labute approximate surface area is 128 Å². The monoisotopic (exact) mass is 323 g/mol. The molecule has 0 bridgehead atoms. The molecule has 0 aromatic carbocycles. The Morgan fingerprint density at radius 3 is 2.73 bits per heavy atom. The van der Waals surface area contributed by atoms with Crippen LogP contribution in [0.1, 0.15) is 33.1 Å². The van der Waals surface area contributed by atoms with E-state index < -0.39 is 12.6 Å². The standard InChI is InChI=1S/C14H24F3N3O2/c1-3-18-13(19-8-7-14(15,16)17)20-9-5-6-11(10-20)12(21)22-4-2/h11H,3-10H2,1-2H3,(H,18,19)/t11-/m0/s1. The smallest absolute Gasteiger partial charge is 0.390 e. The van der Waals surface area contributed by atoms with Crippen molar-refractivity contribution in [1.29, 1.82) is 0 Å². The molecule has 5 nitrogen and oxygen atoms in total. The maximum atomic E-state index is 12.2. The molecule has 0 aromatic rings. The molecule has 0 amide bonds. The van der Waals surface area contributed by atoms with Crippen molar-refractivity contribution in [3.8, 4) is 0 Å². The summed E-state index contributed by atoms with van der Waals surface area (Å²) < 4.78 is 41.7. The molecule has 22 heavy (non-hydrogen) atoms. The van der Waals surface area contributed by atoms with Crippen LogP contribution in [-0.2, 0) is 9.53 Å². The predicted molar refractivity (Wildman–Crippen MR) is 77.6 cm³/mol. The minimum atomic E-state index is -4.21. The Hall–Kier alpha value is -1.47. The van der Waals surface area contributed by atoms with Crippen LogP contribution in [0.25, 0.3) is 0 Å². The highest BCUT2D eigenvalue weighted by atomic mass is 19.4. The molecular weight excluding hydrogens is 299 g/mol. The van der Waals surface area contributed by atoms with E-state index in [0.717, 1.165) is 12.8 Å². The Balaban J connectivity index is 2.65. The second-order valence-electron chi connectivity index (χ2n) is 5.14. The molecule has 1 aliphatic heterocycles. The van der Waals surface area contributed by atoms with Gasteiger partial charge in [-0.25, -0.2) is 0 Å². The summed E-state index contributed by atoms with van der Waals surface area (Å²) in [6, 6.07) is 0. The molecule has 0 radical (unpaired) electrons. The van der Waals surface area contributed by atoms with Gasteiger partial charge in [0.2, 0.25) is 0 Å². The quantitative estimate of drug-likeness (QED) is 0.479. The van der Waals surface area contributed by atoms with Crippen molar-refractivity contribution in [2.45, 2.75) is 39.3 Å². The number of nitrogens with one attached hydrogen (secondary N) is 1. The minimum absolute atomic E-state index is 0.250. The van der Waals surface area contributed by atoms with Crippen molar-refractivity contribution >= 4 is 11.9 Å². The largest absolute Gasteiger partial charge is 0.466 e. The molecule has 0 spiro atoms. The minimum Gasteiger partial charge on any atom is -0.466 e. The van der Waals surface area contributed by atoms with Crippen LogP contribution in [0.3, 0.4) is 0 Å². The van der Waals surface area contributed by atoms with Gasteiger partial charge >= 0.3 is 12.1 Å². The molecule has 1 N–H and O–H groups in total. The number of aliphatic imine (C=N–C) groups is 1. The van der Waals surface area contributed by atoms with Crippen molar-refractivity contribution in [3.05, 3.63) is 0 Å². The summed E-state index contributed by atoms with van der Waals surface area (Å²) in [4.78, 5) is 17.7. The average molecular weight is 323 g/mol. The molecule has 0 aliphatic carbocycles. The lowest BCUT2D eigenvalue weighted by molar-refractivity contribution is -0.149. The average Bonchev–Trinajstić information content (AvgIpc) is 2.45. The van der Waals surface area contributed by atoms with E-state index in [9.17, 15) is 18.0 Å². The van der Waals surface area contributed by atoms with Gasteiger partial charge in [-0.2, -0.15) is 13.2 Å². The highest BCUT2D eigenvalue weighted by Gasteiger charge is 2.29. The summed E-state index contributed by atoms with van der Waals surface area (Å²) >= 11 is 0. The normalized spacial score (nSPS) is 20.0. The second kappa shape index (κ2) is 8.85. The number of hydrogen-bond acceptors (Lipinski definition) is 3. The number of esters is 1. The van der Waals surface area contributed by atoms with Gasteiger partial charge in [-0.1, -0.05) is 0 Å². The molecule has 0 saturated carbocycles. The maximum Gasteiger partial charge on any atom is 0.390 e. The molecule has 1 aliphatic rings. The first-order valence-corrected chi connectivity index (χ1v) is 7.64. The molecule has 1 heterocycles. The number of rotatable bonds is 5. The van der Waals surface area contributed by atoms with Crippen LogP contribution in [-0.4, -0.2) is 55.8 Å². The van der Waals surface area contributed by atoms with Gasteiger partial charge in [-0.3, -0.25) is 9.79 Å². The summed E-state index contributed by atoms with van der Waals surface area (Å²) in [5.41, 5.74) is 0. The molecule has 1 rings (SSSR count). The van der Waals surface area contributed by atoms with E-state index >= 15 is 0 Å².